The number of likely N-dealkylation sites (N-methyl/N-ethyl adjacent to an activating group) is 1. The van der Waals surface area contributed by atoms with Crippen LogP contribution in [0.1, 0.15) is 0 Å². The lowest BCUT2D eigenvalue weighted by atomic mass is 10.6. The Kier molecular flexibility index (Phi) is 11.3. The number of rotatable bonds is 11. The van der Waals surface area contributed by atoms with Crippen molar-refractivity contribution in [2.45, 2.75) is 0 Å². The molecule has 0 amide bonds. The van der Waals surface area contributed by atoms with Gasteiger partial charge in [-0.1, -0.05) is 6.08 Å². The lowest BCUT2D eigenvalue weighted by Crippen LogP contribution is -2.19. The molecule has 0 aromatic carbocycles. The van der Waals surface area contributed by atoms with E-state index in [1.54, 1.807) is 6.08 Å². The van der Waals surface area contributed by atoms with Crippen molar-refractivity contribution >= 4 is 0 Å². The van der Waals surface area contributed by atoms with E-state index in [4.69, 9.17) is 14.2 Å². The first kappa shape index (κ1) is 14.6. The molecule has 4 heteroatoms. The van der Waals surface area contributed by atoms with Gasteiger partial charge in [0.05, 0.1) is 39.6 Å². The van der Waals surface area contributed by atoms with Crippen LogP contribution in [0, 0.1) is 0 Å². The maximum Gasteiger partial charge on any atom is 0.0704 e. The summed E-state index contributed by atoms with van der Waals surface area (Å²) in [7, 11) is 4.05. The highest BCUT2D eigenvalue weighted by molar-refractivity contribution is 4.63. The van der Waals surface area contributed by atoms with Crippen molar-refractivity contribution in [3.63, 3.8) is 0 Å². The monoisotopic (exact) mass is 217 g/mol. The molecular weight excluding hydrogens is 194 g/mol. The van der Waals surface area contributed by atoms with Gasteiger partial charge in [0.1, 0.15) is 0 Å². The van der Waals surface area contributed by atoms with Crippen LogP contribution >= 0.6 is 0 Å². The molecule has 0 atom stereocenters. The third kappa shape index (κ3) is 13.6. The summed E-state index contributed by atoms with van der Waals surface area (Å²) in [6, 6.07) is 0. The molecule has 0 aliphatic rings. The molecule has 4 nitrogen and oxygen atoms in total. The van der Waals surface area contributed by atoms with E-state index in [1.807, 2.05) is 14.1 Å². The van der Waals surface area contributed by atoms with Crippen molar-refractivity contribution in [1.29, 1.82) is 0 Å². The molecule has 0 fully saturated rings. The predicted octanol–water partition coefficient (Wildman–Crippen LogP) is 0.784. The molecule has 0 spiro atoms. The zero-order valence-electron chi connectivity index (χ0n) is 9.91. The standard InChI is InChI=1S/C11H23NO3/c1-4-6-13-8-10-15-11-9-14-7-5-12(2)3/h4H,1,5-11H2,2-3H3. The summed E-state index contributed by atoms with van der Waals surface area (Å²) >= 11 is 0. The van der Waals surface area contributed by atoms with E-state index in [1.165, 1.54) is 0 Å². The average molecular weight is 217 g/mol. The maximum atomic E-state index is 5.35. The van der Waals surface area contributed by atoms with E-state index >= 15 is 0 Å². The van der Waals surface area contributed by atoms with E-state index < -0.39 is 0 Å². The van der Waals surface area contributed by atoms with Crippen molar-refractivity contribution in [3.8, 4) is 0 Å². The summed E-state index contributed by atoms with van der Waals surface area (Å²) < 4.78 is 15.8. The summed E-state index contributed by atoms with van der Waals surface area (Å²) in [6.07, 6.45) is 1.73. The molecule has 0 saturated heterocycles. The molecule has 0 saturated carbocycles. The fourth-order valence-electron chi connectivity index (χ4n) is 0.854. The highest BCUT2D eigenvalue weighted by Crippen LogP contribution is 1.82. The van der Waals surface area contributed by atoms with Gasteiger partial charge in [0.25, 0.3) is 0 Å². The molecule has 90 valence electrons. The van der Waals surface area contributed by atoms with E-state index in [9.17, 15) is 0 Å². The van der Waals surface area contributed by atoms with Gasteiger partial charge in [-0.3, -0.25) is 0 Å². The highest BCUT2D eigenvalue weighted by Gasteiger charge is 1.92. The molecule has 0 aromatic rings. The third-order valence-electron chi connectivity index (χ3n) is 1.66. The van der Waals surface area contributed by atoms with Crippen LogP contribution in [0.5, 0.6) is 0 Å². The summed E-state index contributed by atoms with van der Waals surface area (Å²) in [5.41, 5.74) is 0. The van der Waals surface area contributed by atoms with Crippen LogP contribution in [0.4, 0.5) is 0 Å². The normalized spacial score (nSPS) is 10.9. The zero-order chi connectivity index (χ0) is 11.4. The van der Waals surface area contributed by atoms with Crippen LogP contribution in [0.15, 0.2) is 12.7 Å². The van der Waals surface area contributed by atoms with Crippen molar-refractivity contribution in [1.82, 2.24) is 4.90 Å². The van der Waals surface area contributed by atoms with Gasteiger partial charge >= 0.3 is 0 Å². The van der Waals surface area contributed by atoms with Crippen LogP contribution in [-0.4, -0.2) is 65.2 Å². The van der Waals surface area contributed by atoms with Gasteiger partial charge in [-0.05, 0) is 14.1 Å². The smallest absolute Gasteiger partial charge is 0.0704 e. The summed E-state index contributed by atoms with van der Waals surface area (Å²) in [5, 5.41) is 0. The van der Waals surface area contributed by atoms with Gasteiger partial charge in [0.2, 0.25) is 0 Å². The SMILES string of the molecule is C=CCOCCOCCOCCN(C)C. The highest BCUT2D eigenvalue weighted by atomic mass is 16.5. The third-order valence-corrected chi connectivity index (χ3v) is 1.66. The van der Waals surface area contributed by atoms with Gasteiger partial charge in [-0.15, -0.1) is 6.58 Å². The first-order valence-corrected chi connectivity index (χ1v) is 5.26. The Balaban J connectivity index is 2.89. The molecular formula is C11H23NO3. The molecule has 0 radical (unpaired) electrons. The first-order chi connectivity index (χ1) is 7.27. The summed E-state index contributed by atoms with van der Waals surface area (Å²) in [4.78, 5) is 2.09. The molecule has 0 aliphatic heterocycles. The quantitative estimate of drug-likeness (QED) is 0.378. The molecule has 0 heterocycles. The van der Waals surface area contributed by atoms with Gasteiger partial charge in [0, 0.05) is 6.54 Å². The van der Waals surface area contributed by atoms with Gasteiger partial charge in [0.15, 0.2) is 0 Å². The minimum absolute atomic E-state index is 0.586. The van der Waals surface area contributed by atoms with Gasteiger partial charge in [-0.25, -0.2) is 0 Å². The second-order valence-corrected chi connectivity index (χ2v) is 3.39. The number of nitrogens with zero attached hydrogens (tertiary/aromatic N) is 1. The Morgan fingerprint density at radius 3 is 2.00 bits per heavy atom. The number of hydrogen-bond donors (Lipinski definition) is 0. The molecule has 0 unspecified atom stereocenters. The predicted molar refractivity (Wildman–Crippen MR) is 61.2 cm³/mol. The number of hydrogen-bond acceptors (Lipinski definition) is 4. The minimum atomic E-state index is 0.586. The van der Waals surface area contributed by atoms with E-state index in [0.29, 0.717) is 33.0 Å². The maximum absolute atomic E-state index is 5.35. The molecule has 0 N–H and O–H groups in total. The van der Waals surface area contributed by atoms with Crippen molar-refractivity contribution in [3.05, 3.63) is 12.7 Å². The zero-order valence-corrected chi connectivity index (χ0v) is 9.91. The van der Waals surface area contributed by atoms with Gasteiger partial charge < -0.3 is 19.1 Å². The fourth-order valence-corrected chi connectivity index (χ4v) is 0.854. The second kappa shape index (κ2) is 11.7. The van der Waals surface area contributed by atoms with Crippen LogP contribution in [0.25, 0.3) is 0 Å². The van der Waals surface area contributed by atoms with Crippen molar-refractivity contribution < 1.29 is 14.2 Å². The lowest BCUT2D eigenvalue weighted by molar-refractivity contribution is 0.0170. The molecule has 15 heavy (non-hydrogen) atoms. The topological polar surface area (TPSA) is 30.9 Å². The van der Waals surface area contributed by atoms with Crippen molar-refractivity contribution in [2.24, 2.45) is 0 Å². The Morgan fingerprint density at radius 1 is 0.933 bits per heavy atom. The Hall–Kier alpha value is -0.420. The molecule has 0 aromatic heterocycles. The summed E-state index contributed by atoms with van der Waals surface area (Å²) in [5.74, 6) is 0. The van der Waals surface area contributed by atoms with Crippen molar-refractivity contribution in [2.75, 3.05) is 60.3 Å². The summed E-state index contributed by atoms with van der Waals surface area (Å²) in [6.45, 7) is 8.35. The Labute approximate surface area is 92.8 Å². The Bertz CT molecular complexity index is 140. The molecule has 0 aliphatic carbocycles. The van der Waals surface area contributed by atoms with Gasteiger partial charge in [-0.2, -0.15) is 0 Å². The number of ether oxygens (including phenoxy) is 3. The van der Waals surface area contributed by atoms with Crippen LogP contribution in [-0.2, 0) is 14.2 Å². The van der Waals surface area contributed by atoms with Crippen LogP contribution in [0.3, 0.4) is 0 Å². The van der Waals surface area contributed by atoms with E-state index in [-0.39, 0.29) is 0 Å². The minimum Gasteiger partial charge on any atom is -0.378 e. The van der Waals surface area contributed by atoms with E-state index in [0.717, 1.165) is 13.2 Å². The van der Waals surface area contributed by atoms with E-state index in [2.05, 4.69) is 11.5 Å². The van der Waals surface area contributed by atoms with Crippen LogP contribution < -0.4 is 0 Å². The molecule has 0 rings (SSSR count). The lowest BCUT2D eigenvalue weighted by Gasteiger charge is -2.09. The second-order valence-electron chi connectivity index (χ2n) is 3.39. The largest absolute Gasteiger partial charge is 0.378 e. The molecule has 0 bridgehead atoms. The van der Waals surface area contributed by atoms with Crippen LogP contribution in [0.2, 0.25) is 0 Å². The average Bonchev–Trinajstić information content (AvgIpc) is 2.20. The first-order valence-electron chi connectivity index (χ1n) is 5.26. The fraction of sp³-hybridized carbons (Fsp3) is 0.818. The Morgan fingerprint density at radius 2 is 1.47 bits per heavy atom.